The van der Waals surface area contributed by atoms with E-state index in [-0.39, 0.29) is 29.8 Å². The lowest BCUT2D eigenvalue weighted by atomic mass is 9.74. The molecule has 4 atom stereocenters. The van der Waals surface area contributed by atoms with Crippen molar-refractivity contribution in [1.82, 2.24) is 4.90 Å². The van der Waals surface area contributed by atoms with Crippen molar-refractivity contribution in [2.75, 3.05) is 13.2 Å². The van der Waals surface area contributed by atoms with E-state index in [1.165, 1.54) is 12.8 Å². The maximum Gasteiger partial charge on any atom is 0.226 e. The number of ether oxygens (including phenoxy) is 1. The lowest BCUT2D eigenvalue weighted by Gasteiger charge is -2.48. The standard InChI is InChI=1S/C28H33Cl2NO2/c1-3-5-23-17-26(22-6-4-7-25(30)16-22)27(21-10-12-24(29)13-11-21)31(28(23)32)19(2)14-15-33-18-20-8-9-20/h3-4,6-7,10-13,16,19-20,23,26-27H,1,5,8-9,14-15,17-18H2,2H3/t19-,23-,26+,27+/m0/s1. The summed E-state index contributed by atoms with van der Waals surface area (Å²) in [4.78, 5) is 15.9. The number of hydrogen-bond donors (Lipinski definition) is 0. The van der Waals surface area contributed by atoms with Crippen molar-refractivity contribution in [2.24, 2.45) is 11.8 Å². The smallest absolute Gasteiger partial charge is 0.226 e. The number of allylic oxidation sites excluding steroid dienone is 1. The molecule has 1 saturated heterocycles. The third-order valence-corrected chi connectivity index (χ3v) is 7.45. The van der Waals surface area contributed by atoms with Crippen LogP contribution in [-0.2, 0) is 9.53 Å². The Morgan fingerprint density at radius 1 is 1.12 bits per heavy atom. The van der Waals surface area contributed by atoms with Crippen molar-refractivity contribution in [1.29, 1.82) is 0 Å². The first kappa shape index (κ1) is 24.3. The zero-order chi connectivity index (χ0) is 23.4. The summed E-state index contributed by atoms with van der Waals surface area (Å²) in [6, 6.07) is 15.9. The van der Waals surface area contributed by atoms with Gasteiger partial charge in [0.25, 0.3) is 0 Å². The summed E-state index contributed by atoms with van der Waals surface area (Å²) in [6.45, 7) is 7.57. The molecule has 1 amide bonds. The molecule has 0 N–H and O–H groups in total. The highest BCUT2D eigenvalue weighted by Crippen LogP contribution is 2.47. The number of rotatable bonds is 10. The van der Waals surface area contributed by atoms with Crippen LogP contribution in [0.4, 0.5) is 0 Å². The highest BCUT2D eigenvalue weighted by atomic mass is 35.5. The van der Waals surface area contributed by atoms with Gasteiger partial charge in [0.05, 0.1) is 6.04 Å². The molecule has 176 valence electrons. The number of likely N-dealkylation sites (tertiary alicyclic amines) is 1. The Morgan fingerprint density at radius 3 is 2.55 bits per heavy atom. The van der Waals surface area contributed by atoms with Crippen LogP contribution >= 0.6 is 23.2 Å². The molecule has 1 aliphatic carbocycles. The number of nitrogens with zero attached hydrogens (tertiary/aromatic N) is 1. The Kier molecular flexibility index (Phi) is 8.16. The van der Waals surface area contributed by atoms with Crippen LogP contribution in [0, 0.1) is 11.8 Å². The minimum atomic E-state index is -0.0927. The summed E-state index contributed by atoms with van der Waals surface area (Å²) in [6.07, 6.45) is 6.67. The molecule has 0 spiro atoms. The first-order valence-electron chi connectivity index (χ1n) is 12.0. The molecule has 0 bridgehead atoms. The summed E-state index contributed by atoms with van der Waals surface area (Å²) >= 11 is 12.6. The molecule has 0 unspecified atom stereocenters. The summed E-state index contributed by atoms with van der Waals surface area (Å²) in [7, 11) is 0. The van der Waals surface area contributed by atoms with E-state index < -0.39 is 0 Å². The van der Waals surface area contributed by atoms with Crippen molar-refractivity contribution >= 4 is 29.1 Å². The van der Waals surface area contributed by atoms with Crippen LogP contribution in [0.1, 0.15) is 62.1 Å². The average molecular weight is 486 g/mol. The Bertz CT molecular complexity index is 957. The van der Waals surface area contributed by atoms with Gasteiger partial charge >= 0.3 is 0 Å². The summed E-state index contributed by atoms with van der Waals surface area (Å²) in [5, 5.41) is 1.41. The number of piperidine rings is 1. The number of carbonyl (C=O) groups is 1. The molecule has 0 radical (unpaired) electrons. The quantitative estimate of drug-likeness (QED) is 0.258. The molecular weight excluding hydrogens is 453 g/mol. The third-order valence-electron chi connectivity index (χ3n) is 6.97. The van der Waals surface area contributed by atoms with Gasteiger partial charge in [-0.3, -0.25) is 4.79 Å². The largest absolute Gasteiger partial charge is 0.381 e. The van der Waals surface area contributed by atoms with Gasteiger partial charge in [-0.15, -0.1) is 6.58 Å². The van der Waals surface area contributed by atoms with E-state index in [9.17, 15) is 4.79 Å². The van der Waals surface area contributed by atoms with Gasteiger partial charge in [-0.25, -0.2) is 0 Å². The second-order valence-electron chi connectivity index (χ2n) is 9.52. The van der Waals surface area contributed by atoms with Crippen LogP contribution in [0.2, 0.25) is 10.0 Å². The average Bonchev–Trinajstić information content (AvgIpc) is 3.63. The van der Waals surface area contributed by atoms with Crippen LogP contribution < -0.4 is 0 Å². The molecule has 33 heavy (non-hydrogen) atoms. The molecule has 1 heterocycles. The number of carbonyl (C=O) groups excluding carboxylic acids is 1. The summed E-state index contributed by atoms with van der Waals surface area (Å²) in [5.41, 5.74) is 2.26. The first-order valence-corrected chi connectivity index (χ1v) is 12.7. The van der Waals surface area contributed by atoms with Crippen LogP contribution in [0.5, 0.6) is 0 Å². The topological polar surface area (TPSA) is 29.5 Å². The van der Waals surface area contributed by atoms with Gasteiger partial charge in [-0.05, 0) is 80.3 Å². The number of halogens is 2. The normalized spacial score (nSPS) is 24.0. The van der Waals surface area contributed by atoms with Gasteiger partial charge in [-0.2, -0.15) is 0 Å². The molecule has 1 aliphatic heterocycles. The molecule has 2 aromatic rings. The van der Waals surface area contributed by atoms with Crippen LogP contribution in [-0.4, -0.2) is 30.1 Å². The van der Waals surface area contributed by atoms with Crippen LogP contribution in [0.25, 0.3) is 0 Å². The molecule has 4 rings (SSSR count). The Hall–Kier alpha value is -1.81. The van der Waals surface area contributed by atoms with E-state index in [0.717, 1.165) is 36.5 Å². The lowest BCUT2D eigenvalue weighted by molar-refractivity contribution is -0.146. The van der Waals surface area contributed by atoms with Gasteiger partial charge in [0.15, 0.2) is 0 Å². The Labute approximate surface area is 207 Å². The van der Waals surface area contributed by atoms with Crippen molar-refractivity contribution < 1.29 is 9.53 Å². The zero-order valence-electron chi connectivity index (χ0n) is 19.3. The van der Waals surface area contributed by atoms with Crippen LogP contribution in [0.15, 0.2) is 61.2 Å². The lowest BCUT2D eigenvalue weighted by Crippen LogP contribution is -2.51. The molecule has 1 saturated carbocycles. The van der Waals surface area contributed by atoms with Gasteiger partial charge in [0.1, 0.15) is 0 Å². The van der Waals surface area contributed by atoms with E-state index in [2.05, 4.69) is 36.6 Å². The highest BCUT2D eigenvalue weighted by Gasteiger charge is 2.44. The third kappa shape index (κ3) is 6.01. The predicted molar refractivity (Wildman–Crippen MR) is 136 cm³/mol. The highest BCUT2D eigenvalue weighted by molar-refractivity contribution is 6.30. The van der Waals surface area contributed by atoms with E-state index in [1.54, 1.807) is 0 Å². The fourth-order valence-electron chi connectivity index (χ4n) is 5.00. The monoisotopic (exact) mass is 485 g/mol. The van der Waals surface area contributed by atoms with Gasteiger partial charge in [0, 0.05) is 41.1 Å². The molecule has 2 aliphatic rings. The van der Waals surface area contributed by atoms with Gasteiger partial charge in [-0.1, -0.05) is 53.5 Å². The van der Waals surface area contributed by atoms with E-state index in [0.29, 0.717) is 23.1 Å². The molecule has 3 nitrogen and oxygen atoms in total. The maximum absolute atomic E-state index is 13.8. The summed E-state index contributed by atoms with van der Waals surface area (Å²) in [5.74, 6) is 0.970. The Morgan fingerprint density at radius 2 is 1.88 bits per heavy atom. The van der Waals surface area contributed by atoms with Crippen molar-refractivity contribution in [3.63, 3.8) is 0 Å². The minimum Gasteiger partial charge on any atom is -0.381 e. The summed E-state index contributed by atoms with van der Waals surface area (Å²) < 4.78 is 5.92. The van der Waals surface area contributed by atoms with Crippen molar-refractivity contribution in [3.8, 4) is 0 Å². The fourth-order valence-corrected chi connectivity index (χ4v) is 5.33. The second-order valence-corrected chi connectivity index (χ2v) is 10.4. The number of benzene rings is 2. The molecular formula is C28H33Cl2NO2. The second kappa shape index (κ2) is 11.1. The molecule has 0 aromatic heterocycles. The SMILES string of the molecule is C=CC[C@H]1C[C@H](c2cccc(Cl)c2)[C@@H](c2ccc(Cl)cc2)N([C@@H](C)CCOCC2CC2)C1=O. The van der Waals surface area contributed by atoms with E-state index in [1.807, 2.05) is 36.4 Å². The zero-order valence-corrected chi connectivity index (χ0v) is 20.8. The fraction of sp³-hybridized carbons (Fsp3) is 0.464. The molecule has 2 fully saturated rings. The van der Waals surface area contributed by atoms with E-state index >= 15 is 0 Å². The van der Waals surface area contributed by atoms with Crippen molar-refractivity contribution in [3.05, 3.63) is 82.4 Å². The van der Waals surface area contributed by atoms with Crippen LogP contribution in [0.3, 0.4) is 0 Å². The first-order chi connectivity index (χ1) is 16.0. The Balaban J connectivity index is 1.67. The number of amides is 1. The molecule has 2 aromatic carbocycles. The predicted octanol–water partition coefficient (Wildman–Crippen LogP) is 7.45. The number of hydrogen-bond acceptors (Lipinski definition) is 2. The van der Waals surface area contributed by atoms with Crippen molar-refractivity contribution in [2.45, 2.75) is 57.0 Å². The maximum atomic E-state index is 13.8. The van der Waals surface area contributed by atoms with Gasteiger partial charge in [0.2, 0.25) is 5.91 Å². The van der Waals surface area contributed by atoms with Gasteiger partial charge < -0.3 is 9.64 Å². The molecule has 5 heteroatoms. The van der Waals surface area contributed by atoms with E-state index in [4.69, 9.17) is 27.9 Å². The minimum absolute atomic E-state index is 0.0479.